The largest absolute Gasteiger partial charge is 0.507 e. The molecular formula is C15H12N4O4. The Morgan fingerprint density at radius 1 is 1.17 bits per heavy atom. The summed E-state index contributed by atoms with van der Waals surface area (Å²) in [5.74, 6) is -1.15. The lowest BCUT2D eigenvalue weighted by Crippen LogP contribution is -1.95. The van der Waals surface area contributed by atoms with Gasteiger partial charge >= 0.3 is 5.97 Å². The van der Waals surface area contributed by atoms with Gasteiger partial charge in [0.25, 0.3) is 0 Å². The van der Waals surface area contributed by atoms with Crippen LogP contribution < -0.4 is 0 Å². The van der Waals surface area contributed by atoms with Crippen LogP contribution in [0.25, 0.3) is 5.65 Å². The maximum Gasteiger partial charge on any atom is 0.339 e. The summed E-state index contributed by atoms with van der Waals surface area (Å²) in [4.78, 5) is 15.2. The Balaban J connectivity index is 2.04. The van der Waals surface area contributed by atoms with E-state index >= 15 is 0 Å². The van der Waals surface area contributed by atoms with Crippen molar-refractivity contribution in [3.05, 3.63) is 47.8 Å². The topological polar surface area (TPSA) is 120 Å². The highest BCUT2D eigenvalue weighted by Gasteiger charge is 2.12. The average Bonchev–Trinajstić information content (AvgIpc) is 2.83. The van der Waals surface area contributed by atoms with E-state index < -0.39 is 5.97 Å². The number of nitrogens with zero attached hydrogens (tertiary/aromatic N) is 4. The van der Waals surface area contributed by atoms with Gasteiger partial charge in [-0.2, -0.15) is 0 Å². The molecule has 0 radical (unpaired) electrons. The SMILES string of the molecule is Cc1nc2c(O)cccn2c1N=Nc1ccc(O)c(C(=O)O)c1. The zero-order valence-corrected chi connectivity index (χ0v) is 12.0. The van der Waals surface area contributed by atoms with Crippen molar-refractivity contribution in [3.8, 4) is 11.5 Å². The average molecular weight is 312 g/mol. The van der Waals surface area contributed by atoms with Crippen molar-refractivity contribution in [2.45, 2.75) is 6.92 Å². The first-order valence-electron chi connectivity index (χ1n) is 6.62. The van der Waals surface area contributed by atoms with Gasteiger partial charge in [-0.05, 0) is 37.3 Å². The monoisotopic (exact) mass is 312 g/mol. The van der Waals surface area contributed by atoms with Crippen molar-refractivity contribution < 1.29 is 20.1 Å². The number of carboxylic acid groups (broad SMARTS) is 1. The highest BCUT2D eigenvalue weighted by atomic mass is 16.4. The number of carbonyl (C=O) groups is 1. The molecule has 0 saturated heterocycles. The molecule has 0 spiro atoms. The second kappa shape index (κ2) is 5.41. The molecule has 116 valence electrons. The summed E-state index contributed by atoms with van der Waals surface area (Å²) in [6, 6.07) is 7.07. The number of hydrogen-bond acceptors (Lipinski definition) is 6. The van der Waals surface area contributed by atoms with Crippen molar-refractivity contribution in [1.82, 2.24) is 9.38 Å². The maximum atomic E-state index is 11.0. The van der Waals surface area contributed by atoms with Crippen LogP contribution >= 0.6 is 0 Å². The summed E-state index contributed by atoms with van der Waals surface area (Å²) >= 11 is 0. The van der Waals surface area contributed by atoms with Gasteiger partial charge in [-0.1, -0.05) is 0 Å². The number of aromatic hydroxyl groups is 2. The number of rotatable bonds is 3. The van der Waals surface area contributed by atoms with Crippen LogP contribution in [0, 0.1) is 6.92 Å². The lowest BCUT2D eigenvalue weighted by atomic mass is 10.2. The molecule has 0 fully saturated rings. The number of imidazole rings is 1. The van der Waals surface area contributed by atoms with Crippen molar-refractivity contribution >= 4 is 23.1 Å². The van der Waals surface area contributed by atoms with Crippen molar-refractivity contribution in [2.75, 3.05) is 0 Å². The molecule has 8 heteroatoms. The van der Waals surface area contributed by atoms with Gasteiger partial charge < -0.3 is 15.3 Å². The van der Waals surface area contributed by atoms with Gasteiger partial charge in [-0.25, -0.2) is 9.78 Å². The molecular weight excluding hydrogens is 300 g/mol. The van der Waals surface area contributed by atoms with E-state index in [2.05, 4.69) is 15.2 Å². The summed E-state index contributed by atoms with van der Waals surface area (Å²) < 4.78 is 1.58. The Bertz CT molecular complexity index is 946. The Labute approximate surface area is 130 Å². The molecule has 3 rings (SSSR count). The Morgan fingerprint density at radius 3 is 2.70 bits per heavy atom. The summed E-state index contributed by atoms with van der Waals surface area (Å²) in [6.45, 7) is 1.72. The number of benzene rings is 1. The molecule has 3 aromatic rings. The fraction of sp³-hybridized carbons (Fsp3) is 0.0667. The zero-order chi connectivity index (χ0) is 16.6. The molecule has 0 amide bonds. The Hall–Kier alpha value is -3.42. The third-order valence-electron chi connectivity index (χ3n) is 3.24. The zero-order valence-electron chi connectivity index (χ0n) is 12.0. The van der Waals surface area contributed by atoms with Crippen LogP contribution in [-0.4, -0.2) is 30.7 Å². The quantitative estimate of drug-likeness (QED) is 0.641. The summed E-state index contributed by atoms with van der Waals surface area (Å²) in [6.07, 6.45) is 1.68. The first-order valence-corrected chi connectivity index (χ1v) is 6.62. The van der Waals surface area contributed by atoms with E-state index in [9.17, 15) is 15.0 Å². The standard InChI is InChI=1S/C15H12N4O4/c1-8-13(19-6-2-3-12(21)14(19)16-8)18-17-9-4-5-11(20)10(7-9)15(22)23/h2-7,20-21H,1H3,(H,22,23). The van der Waals surface area contributed by atoms with E-state index in [0.717, 1.165) is 0 Å². The number of aryl methyl sites for hydroxylation is 1. The van der Waals surface area contributed by atoms with Gasteiger partial charge in [0.05, 0.1) is 11.4 Å². The molecule has 0 atom stereocenters. The Morgan fingerprint density at radius 2 is 1.96 bits per heavy atom. The van der Waals surface area contributed by atoms with Gasteiger partial charge in [0.15, 0.2) is 17.2 Å². The minimum Gasteiger partial charge on any atom is -0.507 e. The molecule has 0 aliphatic carbocycles. The third kappa shape index (κ3) is 2.57. The molecule has 0 saturated carbocycles. The fourth-order valence-electron chi connectivity index (χ4n) is 2.14. The highest BCUT2D eigenvalue weighted by Crippen LogP contribution is 2.29. The van der Waals surface area contributed by atoms with E-state index in [-0.39, 0.29) is 22.7 Å². The molecule has 0 unspecified atom stereocenters. The van der Waals surface area contributed by atoms with Crippen molar-refractivity contribution in [3.63, 3.8) is 0 Å². The van der Waals surface area contributed by atoms with Gasteiger partial charge in [0, 0.05) is 6.20 Å². The Kier molecular flexibility index (Phi) is 3.41. The minimum atomic E-state index is -1.25. The molecule has 3 N–H and O–H groups in total. The van der Waals surface area contributed by atoms with Crippen LogP contribution in [-0.2, 0) is 0 Å². The van der Waals surface area contributed by atoms with Gasteiger partial charge in [0.2, 0.25) is 0 Å². The molecule has 0 aliphatic heterocycles. The van der Waals surface area contributed by atoms with Gasteiger partial charge in [-0.15, -0.1) is 10.2 Å². The molecule has 0 bridgehead atoms. The first kappa shape index (κ1) is 14.5. The maximum absolute atomic E-state index is 11.0. The molecule has 1 aromatic carbocycles. The molecule has 0 aliphatic rings. The van der Waals surface area contributed by atoms with Crippen LogP contribution in [0.3, 0.4) is 0 Å². The van der Waals surface area contributed by atoms with Crippen LogP contribution in [0.4, 0.5) is 11.5 Å². The van der Waals surface area contributed by atoms with E-state index in [0.29, 0.717) is 17.2 Å². The number of fused-ring (bicyclic) bond motifs is 1. The molecule has 2 aromatic heterocycles. The minimum absolute atomic E-state index is 0.0230. The normalized spacial score (nSPS) is 11.3. The van der Waals surface area contributed by atoms with Gasteiger partial charge in [-0.3, -0.25) is 4.40 Å². The van der Waals surface area contributed by atoms with E-state index in [4.69, 9.17) is 5.11 Å². The van der Waals surface area contributed by atoms with Crippen LogP contribution in [0.5, 0.6) is 11.5 Å². The number of phenols is 1. The van der Waals surface area contributed by atoms with E-state index in [1.54, 1.807) is 23.6 Å². The number of aromatic carboxylic acids is 1. The molecule has 8 nitrogen and oxygen atoms in total. The fourth-order valence-corrected chi connectivity index (χ4v) is 2.14. The van der Waals surface area contributed by atoms with Crippen molar-refractivity contribution in [2.24, 2.45) is 10.2 Å². The second-order valence-corrected chi connectivity index (χ2v) is 4.81. The second-order valence-electron chi connectivity index (χ2n) is 4.81. The van der Waals surface area contributed by atoms with Crippen LogP contribution in [0.1, 0.15) is 16.1 Å². The summed E-state index contributed by atoms with van der Waals surface area (Å²) in [5.41, 5.74) is 0.937. The number of pyridine rings is 1. The number of hydrogen-bond donors (Lipinski definition) is 3. The summed E-state index contributed by atoms with van der Waals surface area (Å²) in [7, 11) is 0. The van der Waals surface area contributed by atoms with E-state index in [1.165, 1.54) is 24.3 Å². The predicted octanol–water partition coefficient (Wildman–Crippen LogP) is 3.17. The smallest absolute Gasteiger partial charge is 0.339 e. The lowest BCUT2D eigenvalue weighted by Gasteiger charge is -2.00. The first-order chi connectivity index (χ1) is 11.0. The predicted molar refractivity (Wildman–Crippen MR) is 80.8 cm³/mol. The van der Waals surface area contributed by atoms with Crippen LogP contribution in [0.15, 0.2) is 46.8 Å². The number of aromatic nitrogens is 2. The van der Waals surface area contributed by atoms with Crippen molar-refractivity contribution in [1.29, 1.82) is 0 Å². The lowest BCUT2D eigenvalue weighted by molar-refractivity contribution is 0.0694. The number of azo groups is 1. The third-order valence-corrected chi connectivity index (χ3v) is 3.24. The summed E-state index contributed by atoms with van der Waals surface area (Å²) in [5, 5.41) is 36.3. The van der Waals surface area contributed by atoms with E-state index in [1.807, 2.05) is 0 Å². The highest BCUT2D eigenvalue weighted by molar-refractivity contribution is 5.91. The van der Waals surface area contributed by atoms with Crippen LogP contribution in [0.2, 0.25) is 0 Å². The number of carboxylic acids is 1. The molecule has 2 heterocycles. The molecule has 23 heavy (non-hydrogen) atoms. The van der Waals surface area contributed by atoms with Gasteiger partial charge in [0.1, 0.15) is 11.3 Å².